The van der Waals surface area contributed by atoms with Crippen LogP contribution in [0.15, 0.2) is 103 Å². The number of hydrogen-bond acceptors (Lipinski definition) is 2. The Morgan fingerprint density at radius 2 is 1.34 bits per heavy atom. The van der Waals surface area contributed by atoms with Gasteiger partial charge in [-0.2, -0.15) is 0 Å². The summed E-state index contributed by atoms with van der Waals surface area (Å²) in [5.41, 5.74) is 2.25. The van der Waals surface area contributed by atoms with Crippen molar-refractivity contribution in [3.05, 3.63) is 120 Å². The van der Waals surface area contributed by atoms with E-state index < -0.39 is 0 Å². The van der Waals surface area contributed by atoms with E-state index in [2.05, 4.69) is 23.5 Å². The number of benzene rings is 4. The second-order valence-corrected chi connectivity index (χ2v) is 7.62. The Morgan fingerprint density at radius 1 is 0.750 bits per heavy atom. The number of nitrogens with zero attached hydrogens (tertiary/aromatic N) is 1. The van der Waals surface area contributed by atoms with Crippen molar-refractivity contribution in [1.29, 1.82) is 0 Å². The minimum absolute atomic E-state index is 0.0556. The smallest absolute Gasteiger partial charge is 0.254 e. The minimum atomic E-state index is -0.313. The summed E-state index contributed by atoms with van der Waals surface area (Å²) in [5, 5.41) is 5.23. The minimum Gasteiger partial charge on any atom is -0.350 e. The molecule has 4 rings (SSSR count). The van der Waals surface area contributed by atoms with E-state index in [4.69, 9.17) is 0 Å². The predicted octanol–water partition coefficient (Wildman–Crippen LogP) is 5.47. The number of carbonyl (C=O) groups excluding carboxylic acids is 2. The number of rotatable bonds is 7. The van der Waals surface area contributed by atoms with Gasteiger partial charge in [0, 0.05) is 24.2 Å². The molecular weight excluding hydrogens is 396 g/mol. The van der Waals surface area contributed by atoms with Crippen molar-refractivity contribution in [2.24, 2.45) is 0 Å². The third-order valence-corrected chi connectivity index (χ3v) is 5.67. The first-order valence-electron chi connectivity index (χ1n) is 10.9. The van der Waals surface area contributed by atoms with Crippen LogP contribution in [-0.4, -0.2) is 29.8 Å². The van der Waals surface area contributed by atoms with Crippen LogP contribution in [0, 0.1) is 0 Å². The summed E-state index contributed by atoms with van der Waals surface area (Å²) in [6, 6.07) is 32.4. The van der Waals surface area contributed by atoms with Gasteiger partial charge in [-0.3, -0.25) is 9.59 Å². The van der Waals surface area contributed by atoms with Gasteiger partial charge in [-0.05, 0) is 47.5 Å². The van der Waals surface area contributed by atoms with Crippen LogP contribution in [0.1, 0.15) is 39.2 Å². The highest BCUT2D eigenvalue weighted by atomic mass is 16.2. The molecular formula is C28H26N2O2. The monoisotopic (exact) mass is 422 g/mol. The Hall–Kier alpha value is -3.92. The van der Waals surface area contributed by atoms with E-state index in [9.17, 15) is 9.59 Å². The Labute approximate surface area is 188 Å². The molecule has 0 heterocycles. The van der Waals surface area contributed by atoms with Crippen molar-refractivity contribution in [1.82, 2.24) is 10.2 Å². The molecule has 0 bridgehead atoms. The van der Waals surface area contributed by atoms with E-state index in [1.165, 1.54) is 0 Å². The second-order valence-electron chi connectivity index (χ2n) is 7.62. The van der Waals surface area contributed by atoms with Crippen LogP contribution in [0.3, 0.4) is 0 Å². The van der Waals surface area contributed by atoms with Gasteiger partial charge in [0.25, 0.3) is 11.8 Å². The molecule has 4 aromatic carbocycles. The fraction of sp³-hybridized carbons (Fsp3) is 0.143. The number of amides is 2. The number of likely N-dealkylation sites (N-methyl/N-ethyl adjacent to an activating group) is 1. The number of carbonyl (C=O) groups is 2. The summed E-state index contributed by atoms with van der Waals surface area (Å²) in [5.74, 6) is -0.209. The summed E-state index contributed by atoms with van der Waals surface area (Å²) in [4.78, 5) is 28.1. The SMILES string of the molecule is CCN(C(=O)c1ccccc1)C(CNC(=O)c1ccccc1)c1cccc2ccccc12. The van der Waals surface area contributed by atoms with Gasteiger partial charge >= 0.3 is 0 Å². The molecule has 0 aromatic heterocycles. The molecule has 4 nitrogen and oxygen atoms in total. The van der Waals surface area contributed by atoms with Gasteiger partial charge in [0.2, 0.25) is 0 Å². The quantitative estimate of drug-likeness (QED) is 0.429. The molecule has 32 heavy (non-hydrogen) atoms. The van der Waals surface area contributed by atoms with E-state index in [1.54, 1.807) is 12.1 Å². The molecule has 4 heteroatoms. The van der Waals surface area contributed by atoms with Crippen molar-refractivity contribution < 1.29 is 9.59 Å². The van der Waals surface area contributed by atoms with Crippen LogP contribution in [0.5, 0.6) is 0 Å². The van der Waals surface area contributed by atoms with Gasteiger partial charge in [-0.15, -0.1) is 0 Å². The molecule has 4 aromatic rings. The molecule has 1 atom stereocenters. The lowest BCUT2D eigenvalue weighted by Crippen LogP contribution is -2.41. The third kappa shape index (κ3) is 4.54. The summed E-state index contributed by atoms with van der Waals surface area (Å²) in [6.45, 7) is 2.80. The summed E-state index contributed by atoms with van der Waals surface area (Å²) >= 11 is 0. The summed E-state index contributed by atoms with van der Waals surface area (Å²) in [7, 11) is 0. The lowest BCUT2D eigenvalue weighted by atomic mass is 9.96. The van der Waals surface area contributed by atoms with E-state index in [0.29, 0.717) is 24.2 Å². The fourth-order valence-corrected chi connectivity index (χ4v) is 4.06. The highest BCUT2D eigenvalue weighted by Crippen LogP contribution is 2.29. The Bertz CT molecular complexity index is 1200. The normalized spacial score (nSPS) is 11.7. The maximum atomic E-state index is 13.5. The lowest BCUT2D eigenvalue weighted by Gasteiger charge is -2.32. The number of nitrogens with one attached hydrogen (secondary N) is 1. The molecule has 0 aliphatic carbocycles. The molecule has 0 radical (unpaired) electrons. The highest BCUT2D eigenvalue weighted by Gasteiger charge is 2.27. The van der Waals surface area contributed by atoms with Crippen LogP contribution in [0.2, 0.25) is 0 Å². The van der Waals surface area contributed by atoms with E-state index >= 15 is 0 Å². The van der Waals surface area contributed by atoms with Crippen molar-refractivity contribution in [2.45, 2.75) is 13.0 Å². The molecule has 0 aliphatic heterocycles. The average Bonchev–Trinajstić information content (AvgIpc) is 2.87. The molecule has 0 spiro atoms. The average molecular weight is 423 g/mol. The molecule has 1 unspecified atom stereocenters. The number of hydrogen-bond donors (Lipinski definition) is 1. The fourth-order valence-electron chi connectivity index (χ4n) is 4.06. The second kappa shape index (κ2) is 9.92. The predicted molar refractivity (Wildman–Crippen MR) is 129 cm³/mol. The third-order valence-electron chi connectivity index (χ3n) is 5.67. The Balaban J connectivity index is 1.71. The van der Waals surface area contributed by atoms with Crippen molar-refractivity contribution >= 4 is 22.6 Å². The Kier molecular flexibility index (Phi) is 6.61. The first kappa shape index (κ1) is 21.3. The molecule has 1 N–H and O–H groups in total. The molecule has 0 fully saturated rings. The zero-order valence-corrected chi connectivity index (χ0v) is 18.1. The maximum Gasteiger partial charge on any atom is 0.254 e. The van der Waals surface area contributed by atoms with E-state index in [-0.39, 0.29) is 17.9 Å². The zero-order valence-electron chi connectivity index (χ0n) is 18.1. The standard InChI is InChI=1S/C28H26N2O2/c1-2-30(28(32)23-15-7-4-8-16-23)26(20-29-27(31)22-13-5-3-6-14-22)25-19-11-17-21-12-9-10-18-24(21)25/h3-19,26H,2,20H2,1H3,(H,29,31). The maximum absolute atomic E-state index is 13.5. The summed E-state index contributed by atoms with van der Waals surface area (Å²) in [6.07, 6.45) is 0. The molecule has 0 saturated carbocycles. The van der Waals surface area contributed by atoms with Crippen LogP contribution in [0.4, 0.5) is 0 Å². The molecule has 0 aliphatic rings. The van der Waals surface area contributed by atoms with Crippen molar-refractivity contribution in [2.75, 3.05) is 13.1 Å². The van der Waals surface area contributed by atoms with Crippen molar-refractivity contribution in [3.63, 3.8) is 0 Å². The molecule has 2 amide bonds. The van der Waals surface area contributed by atoms with Crippen LogP contribution in [0.25, 0.3) is 10.8 Å². The highest BCUT2D eigenvalue weighted by molar-refractivity contribution is 5.96. The van der Waals surface area contributed by atoms with Gasteiger partial charge < -0.3 is 10.2 Å². The van der Waals surface area contributed by atoms with Gasteiger partial charge in [-0.25, -0.2) is 0 Å². The van der Waals surface area contributed by atoms with Crippen LogP contribution >= 0.6 is 0 Å². The zero-order chi connectivity index (χ0) is 22.3. The van der Waals surface area contributed by atoms with Crippen LogP contribution < -0.4 is 5.32 Å². The Morgan fingerprint density at radius 3 is 2.03 bits per heavy atom. The van der Waals surface area contributed by atoms with Gasteiger partial charge in [0.1, 0.15) is 0 Å². The van der Waals surface area contributed by atoms with Crippen molar-refractivity contribution in [3.8, 4) is 0 Å². The van der Waals surface area contributed by atoms with E-state index in [1.807, 2.05) is 84.6 Å². The van der Waals surface area contributed by atoms with Gasteiger partial charge in [0.15, 0.2) is 0 Å². The topological polar surface area (TPSA) is 49.4 Å². The van der Waals surface area contributed by atoms with Gasteiger partial charge in [0.05, 0.1) is 6.04 Å². The number of fused-ring (bicyclic) bond motifs is 1. The first-order valence-corrected chi connectivity index (χ1v) is 10.9. The largest absolute Gasteiger partial charge is 0.350 e. The van der Waals surface area contributed by atoms with Gasteiger partial charge in [-0.1, -0.05) is 78.9 Å². The lowest BCUT2D eigenvalue weighted by molar-refractivity contribution is 0.0676. The van der Waals surface area contributed by atoms with Crippen LogP contribution in [-0.2, 0) is 0 Å². The van der Waals surface area contributed by atoms with E-state index in [0.717, 1.165) is 16.3 Å². The molecule has 160 valence electrons. The first-order chi connectivity index (χ1) is 15.7. The summed E-state index contributed by atoms with van der Waals surface area (Å²) < 4.78 is 0. The molecule has 0 saturated heterocycles.